The minimum Gasteiger partial charge on any atom is -0.296 e. The summed E-state index contributed by atoms with van der Waals surface area (Å²) in [4.78, 5) is 2.03. The van der Waals surface area contributed by atoms with E-state index in [0.717, 1.165) is 11.4 Å². The molecule has 0 N–H and O–H groups in total. The molecule has 2 heterocycles. The van der Waals surface area contributed by atoms with Gasteiger partial charge >= 0.3 is 0 Å². The van der Waals surface area contributed by atoms with E-state index >= 15 is 0 Å². The van der Waals surface area contributed by atoms with Crippen molar-refractivity contribution in [2.24, 2.45) is 0 Å². The van der Waals surface area contributed by atoms with Crippen LogP contribution in [0.3, 0.4) is 0 Å². The smallest absolute Gasteiger partial charge is 0.199 e. The fraction of sp³-hybridized carbons (Fsp3) is 0.524. The largest absolute Gasteiger partial charge is 0.296 e. The average molecular weight is 435 g/mol. The number of hydrogen-bond acceptors (Lipinski definition) is 5. The van der Waals surface area contributed by atoms with E-state index in [-0.39, 0.29) is 23.0 Å². The van der Waals surface area contributed by atoms with Crippen LogP contribution in [0.2, 0.25) is 0 Å². The Kier molecular flexibility index (Phi) is 6.17. The highest BCUT2D eigenvalue weighted by Gasteiger charge is 2.31. The molecule has 8 heteroatoms. The van der Waals surface area contributed by atoms with Gasteiger partial charge in [-0.25, -0.2) is 13.1 Å². The maximum atomic E-state index is 11.8. The van der Waals surface area contributed by atoms with Gasteiger partial charge in [0, 0.05) is 18.2 Å². The van der Waals surface area contributed by atoms with Crippen LogP contribution in [0.4, 0.5) is 0 Å². The molecule has 0 unspecified atom stereocenters. The van der Waals surface area contributed by atoms with Crippen LogP contribution < -0.4 is 0 Å². The number of rotatable bonds is 6. The van der Waals surface area contributed by atoms with Crippen LogP contribution in [-0.4, -0.2) is 52.3 Å². The zero-order chi connectivity index (χ0) is 21.4. The molecule has 1 fully saturated rings. The molecule has 1 atom stereocenters. The van der Waals surface area contributed by atoms with Crippen LogP contribution in [0.1, 0.15) is 32.8 Å². The van der Waals surface area contributed by atoms with Gasteiger partial charge in [-0.2, -0.15) is 5.10 Å². The molecule has 6 nitrogen and oxygen atoms in total. The molecule has 3 rings (SSSR count). The highest BCUT2D eigenvalue weighted by atomic mass is 32.2. The summed E-state index contributed by atoms with van der Waals surface area (Å²) in [6.45, 7) is 11.4. The molecule has 158 valence electrons. The first-order chi connectivity index (χ1) is 13.5. The minimum atomic E-state index is -2.93. The second-order valence-electron chi connectivity index (χ2n) is 8.79. The van der Waals surface area contributed by atoms with Crippen molar-refractivity contribution in [3.8, 4) is 11.4 Å². The number of hydrogen-bond donors (Lipinski definition) is 0. The molecular weight excluding hydrogens is 404 g/mol. The summed E-state index contributed by atoms with van der Waals surface area (Å²) in [6.07, 6.45) is 2.46. The molecule has 0 radical (unpaired) electrons. The standard InChI is InChI=1S/C21H30N4O2S2/c1-6-12-24-19(16-7-9-17(10-8-16)21(2,3)4)22-25(20(24)28)15-23(5)18-11-13-29(26,27)14-18/h6-10,18H,1,11-15H2,2-5H3/t18-/m1/s1. The van der Waals surface area contributed by atoms with Gasteiger partial charge in [0.05, 0.1) is 18.2 Å². The van der Waals surface area contributed by atoms with Crippen LogP contribution in [0.15, 0.2) is 36.9 Å². The molecule has 1 aromatic heterocycles. The maximum Gasteiger partial charge on any atom is 0.199 e. The van der Waals surface area contributed by atoms with E-state index in [0.29, 0.717) is 24.4 Å². The van der Waals surface area contributed by atoms with Crippen molar-refractivity contribution in [3.05, 3.63) is 47.3 Å². The van der Waals surface area contributed by atoms with Crippen LogP contribution in [0.5, 0.6) is 0 Å². The minimum absolute atomic E-state index is 0.000901. The van der Waals surface area contributed by atoms with Gasteiger partial charge in [0.2, 0.25) is 0 Å². The molecule has 1 aliphatic rings. The Hall–Kier alpha value is -1.77. The topological polar surface area (TPSA) is 60.1 Å². The maximum absolute atomic E-state index is 11.8. The lowest BCUT2D eigenvalue weighted by Crippen LogP contribution is -2.34. The summed E-state index contributed by atoms with van der Waals surface area (Å²) in [5.74, 6) is 1.25. The first-order valence-corrected chi connectivity index (χ1v) is 12.0. The first-order valence-electron chi connectivity index (χ1n) is 9.82. The van der Waals surface area contributed by atoms with Gasteiger partial charge in [0.25, 0.3) is 0 Å². The van der Waals surface area contributed by atoms with Crippen molar-refractivity contribution in [2.75, 3.05) is 18.6 Å². The summed E-state index contributed by atoms with van der Waals surface area (Å²) in [5.41, 5.74) is 2.34. The first kappa shape index (κ1) is 21.9. The molecule has 1 aromatic carbocycles. The summed E-state index contributed by atoms with van der Waals surface area (Å²) in [5, 5.41) is 4.77. The van der Waals surface area contributed by atoms with Gasteiger partial charge in [-0.3, -0.25) is 9.47 Å². The van der Waals surface area contributed by atoms with E-state index in [1.807, 2.05) is 22.6 Å². The predicted octanol–water partition coefficient (Wildman–Crippen LogP) is 3.64. The van der Waals surface area contributed by atoms with Gasteiger partial charge in [-0.1, -0.05) is 51.1 Å². The molecule has 0 amide bonds. The van der Waals surface area contributed by atoms with E-state index in [1.165, 1.54) is 5.56 Å². The number of aromatic nitrogens is 3. The lowest BCUT2D eigenvalue weighted by atomic mass is 9.87. The molecule has 29 heavy (non-hydrogen) atoms. The Bertz CT molecular complexity index is 1040. The summed E-state index contributed by atoms with van der Waals surface area (Å²) in [7, 11) is -1.00. The lowest BCUT2D eigenvalue weighted by Gasteiger charge is -2.22. The monoisotopic (exact) mass is 434 g/mol. The summed E-state index contributed by atoms with van der Waals surface area (Å²) >= 11 is 5.67. The number of nitrogens with zero attached hydrogens (tertiary/aromatic N) is 4. The predicted molar refractivity (Wildman–Crippen MR) is 120 cm³/mol. The molecule has 0 bridgehead atoms. The molecule has 2 aromatic rings. The molecule has 0 aliphatic carbocycles. The zero-order valence-corrected chi connectivity index (χ0v) is 19.3. The normalized spacial score (nSPS) is 19.0. The van der Waals surface area contributed by atoms with Crippen LogP contribution >= 0.6 is 12.2 Å². The van der Waals surface area contributed by atoms with Crippen molar-refractivity contribution < 1.29 is 8.42 Å². The van der Waals surface area contributed by atoms with Crippen molar-refractivity contribution in [3.63, 3.8) is 0 Å². The Labute approximate surface area is 178 Å². The highest BCUT2D eigenvalue weighted by Crippen LogP contribution is 2.26. The number of benzene rings is 1. The summed E-state index contributed by atoms with van der Waals surface area (Å²) < 4.78 is 28.0. The van der Waals surface area contributed by atoms with Crippen molar-refractivity contribution >= 4 is 22.1 Å². The number of sulfone groups is 1. The highest BCUT2D eigenvalue weighted by molar-refractivity contribution is 7.91. The third kappa shape index (κ3) is 4.87. The molecular formula is C21H30N4O2S2. The zero-order valence-electron chi connectivity index (χ0n) is 17.6. The SMILES string of the molecule is C=CCn1c(-c2ccc(C(C)(C)C)cc2)nn(CN(C)[C@@H]2CCS(=O)(=O)C2)c1=S. The van der Waals surface area contributed by atoms with E-state index in [2.05, 4.69) is 51.6 Å². The van der Waals surface area contributed by atoms with Gasteiger partial charge in [-0.15, -0.1) is 6.58 Å². The van der Waals surface area contributed by atoms with Crippen molar-refractivity contribution in [1.29, 1.82) is 0 Å². The van der Waals surface area contributed by atoms with Crippen LogP contribution in [-0.2, 0) is 28.5 Å². The molecule has 0 spiro atoms. The fourth-order valence-electron chi connectivity index (χ4n) is 3.61. The Morgan fingerprint density at radius 1 is 1.31 bits per heavy atom. The van der Waals surface area contributed by atoms with Gasteiger partial charge in [0.1, 0.15) is 0 Å². The van der Waals surface area contributed by atoms with E-state index < -0.39 is 9.84 Å². The lowest BCUT2D eigenvalue weighted by molar-refractivity contribution is 0.196. The van der Waals surface area contributed by atoms with E-state index in [1.54, 1.807) is 4.68 Å². The molecule has 1 aliphatic heterocycles. The van der Waals surface area contributed by atoms with Crippen LogP contribution in [0, 0.1) is 4.77 Å². The Morgan fingerprint density at radius 2 is 1.97 bits per heavy atom. The average Bonchev–Trinajstić information content (AvgIpc) is 3.16. The third-order valence-corrected chi connectivity index (χ3v) is 7.61. The fourth-order valence-corrected chi connectivity index (χ4v) is 5.67. The van der Waals surface area contributed by atoms with E-state index in [9.17, 15) is 8.42 Å². The number of allylic oxidation sites excluding steroid dienone is 1. The van der Waals surface area contributed by atoms with Crippen LogP contribution in [0.25, 0.3) is 11.4 Å². The Balaban J connectivity index is 1.91. The van der Waals surface area contributed by atoms with Gasteiger partial charge < -0.3 is 0 Å². The summed E-state index contributed by atoms with van der Waals surface area (Å²) in [6, 6.07) is 8.42. The van der Waals surface area contributed by atoms with E-state index in [4.69, 9.17) is 17.3 Å². The Morgan fingerprint density at radius 3 is 2.48 bits per heavy atom. The second kappa shape index (κ2) is 8.16. The quantitative estimate of drug-likeness (QED) is 0.513. The third-order valence-electron chi connectivity index (χ3n) is 5.43. The van der Waals surface area contributed by atoms with Crippen molar-refractivity contribution in [2.45, 2.75) is 51.9 Å². The van der Waals surface area contributed by atoms with Gasteiger partial charge in [0.15, 0.2) is 20.4 Å². The van der Waals surface area contributed by atoms with Crippen molar-refractivity contribution in [1.82, 2.24) is 19.2 Å². The molecule has 1 saturated heterocycles. The molecule has 0 saturated carbocycles. The second-order valence-corrected chi connectivity index (χ2v) is 11.4. The van der Waals surface area contributed by atoms with Gasteiger partial charge in [-0.05, 0) is 36.7 Å².